The van der Waals surface area contributed by atoms with Crippen LogP contribution in [-0.4, -0.2) is 14.5 Å². The van der Waals surface area contributed by atoms with Gasteiger partial charge in [0.2, 0.25) is 5.95 Å². The smallest absolute Gasteiger partial charge is 0.235 e. The van der Waals surface area contributed by atoms with E-state index in [2.05, 4.69) is 168 Å². The number of benzene rings is 8. The average Bonchev–Trinajstić information content (AvgIpc) is 3.72. The van der Waals surface area contributed by atoms with Crippen LogP contribution in [0.15, 0.2) is 164 Å². The molecule has 0 unspecified atom stereocenters. The van der Waals surface area contributed by atoms with Gasteiger partial charge in [0.25, 0.3) is 0 Å². The zero-order valence-electron chi connectivity index (χ0n) is 26.8. The molecule has 11 rings (SSSR count). The number of rotatable bonds is 3. The van der Waals surface area contributed by atoms with Crippen LogP contribution in [0.25, 0.3) is 103 Å². The molecule has 3 heterocycles. The summed E-state index contributed by atoms with van der Waals surface area (Å²) in [5.74, 6) is 0.663. The third-order valence-electron chi connectivity index (χ3n) is 10.2. The highest BCUT2D eigenvalue weighted by molar-refractivity contribution is 7.25. The van der Waals surface area contributed by atoms with Crippen LogP contribution < -0.4 is 0 Å². The lowest BCUT2D eigenvalue weighted by atomic mass is 9.93. The van der Waals surface area contributed by atoms with Crippen LogP contribution in [0.1, 0.15) is 0 Å². The third-order valence-corrected chi connectivity index (χ3v) is 11.3. The molecule has 0 amide bonds. The fourth-order valence-electron chi connectivity index (χ4n) is 7.97. The van der Waals surface area contributed by atoms with Gasteiger partial charge in [0, 0.05) is 47.5 Å². The van der Waals surface area contributed by atoms with E-state index < -0.39 is 0 Å². The lowest BCUT2D eigenvalue weighted by Gasteiger charge is -2.15. The van der Waals surface area contributed by atoms with Crippen LogP contribution in [0.5, 0.6) is 0 Å². The molecule has 3 aromatic heterocycles. The molecule has 0 spiro atoms. The van der Waals surface area contributed by atoms with Gasteiger partial charge in [-0.15, -0.1) is 11.3 Å². The van der Waals surface area contributed by atoms with Crippen molar-refractivity contribution >= 4 is 85.8 Å². The molecule has 11 aromatic rings. The van der Waals surface area contributed by atoms with Crippen molar-refractivity contribution in [3.63, 3.8) is 0 Å². The van der Waals surface area contributed by atoms with Gasteiger partial charge < -0.3 is 0 Å². The summed E-state index contributed by atoms with van der Waals surface area (Å²) in [6, 6.07) is 58.9. The molecule has 0 atom stereocenters. The second-order valence-corrected chi connectivity index (χ2v) is 14.0. The van der Waals surface area contributed by atoms with E-state index in [4.69, 9.17) is 9.97 Å². The second-order valence-electron chi connectivity index (χ2n) is 12.9. The third kappa shape index (κ3) is 3.97. The molecule has 0 saturated carbocycles. The van der Waals surface area contributed by atoms with Gasteiger partial charge in [-0.2, -0.15) is 0 Å². The Morgan fingerprint density at radius 1 is 0.440 bits per heavy atom. The fourth-order valence-corrected chi connectivity index (χ4v) is 9.06. The standard InChI is InChI=1S/C46H27N3S/c1-2-13-29(14-3-1)44-35-19-8-10-20-38(35)47-46(48-44)49-39-24-22-28-12-4-6-16-32(28)43(39)37-26-30-15-5-7-17-33(30)42(45(37)49)31-23-25-41-36(27-31)34-18-9-11-21-40(34)50-41/h1-27H. The number of hydrogen-bond acceptors (Lipinski definition) is 3. The average molecular weight is 654 g/mol. The number of fused-ring (bicyclic) bond motifs is 10. The minimum absolute atomic E-state index is 0.663. The molecule has 232 valence electrons. The van der Waals surface area contributed by atoms with Crippen molar-refractivity contribution in [1.29, 1.82) is 0 Å². The summed E-state index contributed by atoms with van der Waals surface area (Å²) in [4.78, 5) is 10.8. The van der Waals surface area contributed by atoms with Gasteiger partial charge >= 0.3 is 0 Å². The molecule has 0 aliphatic carbocycles. The Balaban J connectivity index is 1.36. The summed E-state index contributed by atoms with van der Waals surface area (Å²) in [5.41, 5.74) is 7.49. The molecule has 0 aliphatic rings. The topological polar surface area (TPSA) is 30.7 Å². The lowest BCUT2D eigenvalue weighted by Crippen LogP contribution is -2.04. The van der Waals surface area contributed by atoms with Crippen LogP contribution in [0.2, 0.25) is 0 Å². The van der Waals surface area contributed by atoms with Crippen LogP contribution in [0.3, 0.4) is 0 Å². The van der Waals surface area contributed by atoms with Gasteiger partial charge in [0.1, 0.15) is 0 Å². The molecule has 8 aromatic carbocycles. The maximum absolute atomic E-state index is 5.44. The van der Waals surface area contributed by atoms with E-state index >= 15 is 0 Å². The molecular formula is C46H27N3S. The van der Waals surface area contributed by atoms with Crippen molar-refractivity contribution in [2.24, 2.45) is 0 Å². The zero-order chi connectivity index (χ0) is 32.8. The van der Waals surface area contributed by atoms with Crippen molar-refractivity contribution in [2.45, 2.75) is 0 Å². The van der Waals surface area contributed by atoms with Crippen molar-refractivity contribution in [2.75, 3.05) is 0 Å². The lowest BCUT2D eigenvalue weighted by molar-refractivity contribution is 1.01. The molecule has 3 nitrogen and oxygen atoms in total. The molecule has 0 radical (unpaired) electrons. The molecular weight excluding hydrogens is 627 g/mol. The molecule has 0 saturated heterocycles. The summed E-state index contributed by atoms with van der Waals surface area (Å²) in [5, 5.41) is 10.9. The Morgan fingerprint density at radius 2 is 1.14 bits per heavy atom. The van der Waals surface area contributed by atoms with Gasteiger partial charge in [-0.05, 0) is 63.5 Å². The summed E-state index contributed by atoms with van der Waals surface area (Å²) >= 11 is 1.85. The van der Waals surface area contributed by atoms with Gasteiger partial charge in [-0.3, -0.25) is 4.57 Å². The normalized spacial score (nSPS) is 12.0. The number of hydrogen-bond donors (Lipinski definition) is 0. The largest absolute Gasteiger partial charge is 0.277 e. The van der Waals surface area contributed by atoms with E-state index in [0.717, 1.165) is 33.2 Å². The summed E-state index contributed by atoms with van der Waals surface area (Å²) in [6.45, 7) is 0. The SMILES string of the molecule is c1ccc(-c2nc(-n3c4ccc5ccccc5c4c4cc5ccccc5c(-c5ccc6sc7ccccc7c6c5)c43)nc3ccccc23)cc1. The Kier molecular flexibility index (Phi) is 5.83. The number of thiophene rings is 1. The van der Waals surface area contributed by atoms with E-state index in [1.165, 1.54) is 63.6 Å². The molecule has 0 fully saturated rings. The quantitative estimate of drug-likeness (QED) is 0.190. The van der Waals surface area contributed by atoms with E-state index in [1.54, 1.807) is 0 Å². The minimum Gasteiger partial charge on any atom is -0.277 e. The predicted octanol–water partition coefficient (Wildman–Crippen LogP) is 12.7. The Bertz CT molecular complexity index is 3150. The minimum atomic E-state index is 0.663. The Morgan fingerprint density at radius 3 is 2.02 bits per heavy atom. The first-order chi connectivity index (χ1) is 24.8. The van der Waals surface area contributed by atoms with E-state index in [9.17, 15) is 0 Å². The molecule has 0 bridgehead atoms. The Labute approximate surface area is 291 Å². The van der Waals surface area contributed by atoms with E-state index in [-0.39, 0.29) is 0 Å². The number of para-hydroxylation sites is 1. The van der Waals surface area contributed by atoms with Crippen LogP contribution in [-0.2, 0) is 0 Å². The van der Waals surface area contributed by atoms with E-state index in [0.29, 0.717) is 5.95 Å². The maximum Gasteiger partial charge on any atom is 0.235 e. The summed E-state index contributed by atoms with van der Waals surface area (Å²) in [6.07, 6.45) is 0. The van der Waals surface area contributed by atoms with Crippen molar-refractivity contribution in [3.8, 4) is 28.3 Å². The number of nitrogens with zero attached hydrogens (tertiary/aromatic N) is 3. The van der Waals surface area contributed by atoms with Crippen LogP contribution >= 0.6 is 11.3 Å². The number of aromatic nitrogens is 3. The fraction of sp³-hybridized carbons (Fsp3) is 0. The zero-order valence-corrected chi connectivity index (χ0v) is 27.7. The molecule has 50 heavy (non-hydrogen) atoms. The first kappa shape index (κ1) is 27.6. The first-order valence-electron chi connectivity index (χ1n) is 16.9. The molecule has 0 aliphatic heterocycles. The van der Waals surface area contributed by atoms with Crippen LogP contribution in [0, 0.1) is 0 Å². The van der Waals surface area contributed by atoms with Gasteiger partial charge in [0.15, 0.2) is 0 Å². The predicted molar refractivity (Wildman–Crippen MR) is 213 cm³/mol. The second kappa shape index (κ2) is 10.6. The van der Waals surface area contributed by atoms with Crippen molar-refractivity contribution < 1.29 is 0 Å². The first-order valence-corrected chi connectivity index (χ1v) is 17.7. The summed E-state index contributed by atoms with van der Waals surface area (Å²) in [7, 11) is 0. The highest BCUT2D eigenvalue weighted by Gasteiger charge is 2.23. The summed E-state index contributed by atoms with van der Waals surface area (Å²) < 4.78 is 4.93. The Hall–Kier alpha value is -6.36. The van der Waals surface area contributed by atoms with Crippen LogP contribution in [0.4, 0.5) is 0 Å². The van der Waals surface area contributed by atoms with Crippen molar-refractivity contribution in [1.82, 2.24) is 14.5 Å². The molecule has 0 N–H and O–H groups in total. The van der Waals surface area contributed by atoms with Crippen molar-refractivity contribution in [3.05, 3.63) is 164 Å². The molecule has 4 heteroatoms. The highest BCUT2D eigenvalue weighted by Crippen LogP contribution is 2.46. The van der Waals surface area contributed by atoms with Gasteiger partial charge in [0.05, 0.1) is 22.2 Å². The maximum atomic E-state index is 5.44. The highest BCUT2D eigenvalue weighted by atomic mass is 32.1. The van der Waals surface area contributed by atoms with Gasteiger partial charge in [-0.1, -0.05) is 127 Å². The monoisotopic (exact) mass is 653 g/mol. The van der Waals surface area contributed by atoms with Gasteiger partial charge in [-0.25, -0.2) is 9.97 Å². The van der Waals surface area contributed by atoms with E-state index in [1.807, 2.05) is 11.3 Å².